The Bertz CT molecular complexity index is 1040. The Balaban J connectivity index is 1.95. The summed E-state index contributed by atoms with van der Waals surface area (Å²) >= 11 is 0. The van der Waals surface area contributed by atoms with Crippen LogP contribution in [0.15, 0.2) is 60.7 Å². The van der Waals surface area contributed by atoms with Gasteiger partial charge >= 0.3 is 0 Å². The van der Waals surface area contributed by atoms with Gasteiger partial charge in [-0.05, 0) is 24.3 Å². The highest BCUT2D eigenvalue weighted by molar-refractivity contribution is 5.80. The molecule has 0 saturated carbocycles. The number of aromatic amines is 1. The third-order valence-electron chi connectivity index (χ3n) is 3.93. The van der Waals surface area contributed by atoms with Gasteiger partial charge in [-0.3, -0.25) is 0 Å². The van der Waals surface area contributed by atoms with Crippen LogP contribution < -0.4 is 5.73 Å². The van der Waals surface area contributed by atoms with Crippen LogP contribution in [0.25, 0.3) is 34.0 Å². The molecule has 26 heavy (non-hydrogen) atoms. The molecule has 6 heteroatoms. The Kier molecular flexibility index (Phi) is 3.93. The molecule has 3 N–H and O–H groups in total. The number of hydrogen-bond acceptors (Lipinski definition) is 3. The zero-order chi connectivity index (χ0) is 18.1. The summed E-state index contributed by atoms with van der Waals surface area (Å²) in [6, 6.07) is 16.4. The molecule has 0 amide bonds. The van der Waals surface area contributed by atoms with Crippen molar-refractivity contribution in [3.8, 4) is 34.0 Å². The van der Waals surface area contributed by atoms with Crippen LogP contribution >= 0.6 is 0 Å². The van der Waals surface area contributed by atoms with Gasteiger partial charge in [0, 0.05) is 5.56 Å². The van der Waals surface area contributed by atoms with E-state index in [1.807, 2.05) is 30.3 Å². The number of benzene rings is 2. The molecule has 2 aromatic carbocycles. The topological polar surface area (TPSA) is 67.6 Å². The Labute approximate surface area is 148 Å². The molecular formula is C20H13F2N4. The molecule has 4 nitrogen and oxygen atoms in total. The lowest BCUT2D eigenvalue weighted by molar-refractivity contribution is 0.588. The monoisotopic (exact) mass is 347 g/mol. The number of anilines is 1. The summed E-state index contributed by atoms with van der Waals surface area (Å²) in [5.41, 5.74) is 8.21. The molecule has 1 radical (unpaired) electrons. The lowest BCUT2D eigenvalue weighted by Gasteiger charge is -2.02. The molecule has 0 aliphatic carbocycles. The minimum Gasteiger partial charge on any atom is -0.397 e. The molecule has 4 aromatic rings. The van der Waals surface area contributed by atoms with Gasteiger partial charge in [-0.15, -0.1) is 0 Å². The fourth-order valence-corrected chi connectivity index (χ4v) is 2.71. The predicted molar refractivity (Wildman–Crippen MR) is 95.9 cm³/mol. The number of aromatic nitrogens is 3. The number of nitrogens with one attached hydrogen (secondary N) is 1. The number of nitrogen functional groups attached to an aromatic ring is 1. The first-order chi connectivity index (χ1) is 12.6. The van der Waals surface area contributed by atoms with Gasteiger partial charge in [-0.25, -0.2) is 18.7 Å². The first-order valence-corrected chi connectivity index (χ1v) is 7.88. The summed E-state index contributed by atoms with van der Waals surface area (Å²) in [5, 5.41) is 0. The Hall–Kier alpha value is -3.54. The summed E-state index contributed by atoms with van der Waals surface area (Å²) in [4.78, 5) is 11.6. The smallest absolute Gasteiger partial charge is 0.144 e. The van der Waals surface area contributed by atoms with Crippen LogP contribution in [0.3, 0.4) is 0 Å². The van der Waals surface area contributed by atoms with E-state index >= 15 is 0 Å². The van der Waals surface area contributed by atoms with Crippen molar-refractivity contribution in [1.29, 1.82) is 0 Å². The predicted octanol–water partition coefficient (Wildman–Crippen LogP) is 4.47. The lowest BCUT2D eigenvalue weighted by atomic mass is 10.1. The Morgan fingerprint density at radius 3 is 2.27 bits per heavy atom. The van der Waals surface area contributed by atoms with Crippen molar-refractivity contribution in [1.82, 2.24) is 15.0 Å². The standard InChI is InChI=1S/C20H13F2N4/c21-14-7-4-8-15(22)17(14)20-25-18(12-5-2-1-3-6-12)19(26-20)16-10-9-13(23)11-24-16/h1-10H,23H2,(H,25,26). The maximum atomic E-state index is 14.2. The molecule has 0 atom stereocenters. The van der Waals surface area contributed by atoms with Crippen LogP contribution in [-0.4, -0.2) is 15.0 Å². The van der Waals surface area contributed by atoms with Gasteiger partial charge in [0.1, 0.15) is 23.7 Å². The molecule has 0 spiro atoms. The second-order valence-electron chi connectivity index (χ2n) is 5.67. The highest BCUT2D eigenvalue weighted by Crippen LogP contribution is 2.33. The third kappa shape index (κ3) is 2.82. The van der Waals surface area contributed by atoms with Crippen molar-refractivity contribution in [2.75, 3.05) is 5.73 Å². The number of rotatable bonds is 3. The van der Waals surface area contributed by atoms with Gasteiger partial charge in [0.2, 0.25) is 0 Å². The number of nitrogens with two attached hydrogens (primary N) is 1. The van der Waals surface area contributed by atoms with Gasteiger partial charge < -0.3 is 10.7 Å². The summed E-state index contributed by atoms with van der Waals surface area (Å²) < 4.78 is 28.4. The molecular weight excluding hydrogens is 334 g/mol. The molecule has 127 valence electrons. The molecule has 2 aromatic heterocycles. The van der Waals surface area contributed by atoms with Gasteiger partial charge in [-0.1, -0.05) is 36.4 Å². The van der Waals surface area contributed by atoms with E-state index in [0.29, 0.717) is 22.8 Å². The Morgan fingerprint density at radius 2 is 1.62 bits per heavy atom. The average Bonchev–Trinajstić information content (AvgIpc) is 3.08. The first kappa shape index (κ1) is 16.0. The van der Waals surface area contributed by atoms with Gasteiger partial charge in [0.25, 0.3) is 0 Å². The number of H-pyrrole nitrogens is 1. The average molecular weight is 347 g/mol. The highest BCUT2D eigenvalue weighted by atomic mass is 19.1. The van der Waals surface area contributed by atoms with Crippen LogP contribution in [-0.2, 0) is 0 Å². The van der Waals surface area contributed by atoms with Crippen LogP contribution in [0.4, 0.5) is 14.5 Å². The maximum absolute atomic E-state index is 14.2. The molecule has 0 fully saturated rings. The number of halogens is 2. The van der Waals surface area contributed by atoms with Crippen molar-refractivity contribution in [3.05, 3.63) is 78.5 Å². The molecule has 0 unspecified atom stereocenters. The van der Waals surface area contributed by atoms with E-state index in [1.54, 1.807) is 12.1 Å². The summed E-state index contributed by atoms with van der Waals surface area (Å²) in [5.74, 6) is -1.29. The second-order valence-corrected chi connectivity index (χ2v) is 5.67. The summed E-state index contributed by atoms with van der Waals surface area (Å²) in [7, 11) is 0. The molecule has 4 rings (SSSR count). The van der Waals surface area contributed by atoms with Crippen LogP contribution in [0, 0.1) is 17.8 Å². The van der Waals surface area contributed by atoms with E-state index < -0.39 is 11.6 Å². The van der Waals surface area contributed by atoms with Crippen molar-refractivity contribution in [2.24, 2.45) is 0 Å². The third-order valence-corrected chi connectivity index (χ3v) is 3.93. The lowest BCUT2D eigenvalue weighted by Crippen LogP contribution is -1.92. The van der Waals surface area contributed by atoms with Gasteiger partial charge in [0.05, 0.1) is 28.3 Å². The van der Waals surface area contributed by atoms with Crippen molar-refractivity contribution >= 4 is 5.69 Å². The minimum absolute atomic E-state index is 0.0908. The molecule has 0 bridgehead atoms. The number of nitrogens with zero attached hydrogens (tertiary/aromatic N) is 2. The molecule has 0 aliphatic heterocycles. The summed E-state index contributed by atoms with van der Waals surface area (Å²) in [6.45, 7) is 0. The Morgan fingerprint density at radius 1 is 0.885 bits per heavy atom. The zero-order valence-electron chi connectivity index (χ0n) is 13.5. The minimum atomic E-state index is -0.693. The van der Waals surface area contributed by atoms with Crippen molar-refractivity contribution in [3.63, 3.8) is 0 Å². The van der Waals surface area contributed by atoms with Crippen molar-refractivity contribution < 1.29 is 8.78 Å². The fourth-order valence-electron chi connectivity index (χ4n) is 2.71. The zero-order valence-corrected chi connectivity index (χ0v) is 13.5. The number of hydrogen-bond donors (Lipinski definition) is 2. The van der Waals surface area contributed by atoms with E-state index in [2.05, 4.69) is 21.1 Å². The fraction of sp³-hybridized carbons (Fsp3) is 0. The largest absolute Gasteiger partial charge is 0.397 e. The van der Waals surface area contributed by atoms with Crippen LogP contribution in [0.2, 0.25) is 0 Å². The number of pyridine rings is 1. The van der Waals surface area contributed by atoms with E-state index in [-0.39, 0.29) is 11.4 Å². The van der Waals surface area contributed by atoms with E-state index in [0.717, 1.165) is 5.56 Å². The SMILES string of the molecule is Nc1[c]nc(-c2[nH]c(-c3c(F)cccc3F)nc2-c2ccccc2)cc1. The second kappa shape index (κ2) is 6.40. The molecule has 0 saturated heterocycles. The molecule has 2 heterocycles. The van der Waals surface area contributed by atoms with Crippen molar-refractivity contribution in [2.45, 2.75) is 0 Å². The quantitative estimate of drug-likeness (QED) is 0.575. The first-order valence-electron chi connectivity index (χ1n) is 7.88. The van der Waals surface area contributed by atoms with E-state index in [1.165, 1.54) is 18.2 Å². The van der Waals surface area contributed by atoms with Crippen LogP contribution in [0.1, 0.15) is 0 Å². The van der Waals surface area contributed by atoms with Gasteiger partial charge in [-0.2, -0.15) is 0 Å². The number of imidazole rings is 1. The normalized spacial score (nSPS) is 10.8. The maximum Gasteiger partial charge on any atom is 0.144 e. The summed E-state index contributed by atoms with van der Waals surface area (Å²) in [6.07, 6.45) is 2.68. The van der Waals surface area contributed by atoms with Gasteiger partial charge in [0.15, 0.2) is 0 Å². The highest BCUT2D eigenvalue weighted by Gasteiger charge is 2.20. The molecule has 0 aliphatic rings. The van der Waals surface area contributed by atoms with E-state index in [9.17, 15) is 8.78 Å². The van der Waals surface area contributed by atoms with Crippen LogP contribution in [0.5, 0.6) is 0 Å². The van der Waals surface area contributed by atoms with E-state index in [4.69, 9.17) is 5.73 Å².